The van der Waals surface area contributed by atoms with Gasteiger partial charge in [0, 0.05) is 34.7 Å². The normalized spacial score (nSPS) is 12.3. The Morgan fingerprint density at radius 2 is 1.76 bits per heavy atom. The third kappa shape index (κ3) is 9.01. The summed E-state index contributed by atoms with van der Waals surface area (Å²) in [5.74, 6) is -2.59. The highest BCUT2D eigenvalue weighted by Gasteiger charge is 2.21. The fourth-order valence-corrected chi connectivity index (χ4v) is 5.80. The van der Waals surface area contributed by atoms with E-state index in [0.717, 1.165) is 30.6 Å². The Morgan fingerprint density at radius 1 is 1.10 bits per heavy atom. The highest BCUT2D eigenvalue weighted by atomic mass is 35.5. The predicted octanol–water partition coefficient (Wildman–Crippen LogP) is 9.41. The first-order valence-electron chi connectivity index (χ1n) is 13.8. The largest absolute Gasteiger partial charge is 0.490 e. The van der Waals surface area contributed by atoms with Gasteiger partial charge in [0.25, 0.3) is 5.91 Å². The summed E-state index contributed by atoms with van der Waals surface area (Å²) >= 11 is 13.7. The Bertz CT molecular complexity index is 1390. The zero-order valence-electron chi connectivity index (χ0n) is 23.8. The van der Waals surface area contributed by atoms with Crippen LogP contribution in [0.5, 0.6) is 0 Å². The molecule has 0 saturated carbocycles. The number of nitrogens with zero attached hydrogens (tertiary/aromatic N) is 1. The molecule has 0 bridgehead atoms. The lowest BCUT2D eigenvalue weighted by molar-refractivity contribution is -0.135. The van der Waals surface area contributed by atoms with Crippen molar-refractivity contribution in [2.24, 2.45) is 0 Å². The Morgan fingerprint density at radius 3 is 2.38 bits per heavy atom. The van der Waals surface area contributed by atoms with E-state index in [0.29, 0.717) is 16.8 Å². The second kappa shape index (κ2) is 16.6. The summed E-state index contributed by atoms with van der Waals surface area (Å²) in [6.45, 7) is 2.20. The Kier molecular flexibility index (Phi) is 13.3. The van der Waals surface area contributed by atoms with Crippen LogP contribution in [0.3, 0.4) is 0 Å². The average molecular weight is 638 g/mol. The molecule has 0 aliphatic carbocycles. The molecule has 0 aliphatic heterocycles. The van der Waals surface area contributed by atoms with Crippen LogP contribution in [0.25, 0.3) is 17.3 Å². The number of hydrogen-bond acceptors (Lipinski definition) is 6. The highest BCUT2D eigenvalue weighted by molar-refractivity contribution is 7.14. The zero-order valence-corrected chi connectivity index (χ0v) is 26.2. The molecule has 7 nitrogen and oxygen atoms in total. The molecular formula is C31H35Cl2FN2O5S. The average Bonchev–Trinajstić information content (AvgIpc) is 3.42. The Hall–Kier alpha value is -2.98. The van der Waals surface area contributed by atoms with Crippen LogP contribution in [0.2, 0.25) is 10.0 Å². The molecule has 0 spiro atoms. The molecule has 1 aromatic heterocycles. The number of carbonyl (C=O) groups is 2. The van der Waals surface area contributed by atoms with E-state index in [4.69, 9.17) is 32.7 Å². The van der Waals surface area contributed by atoms with Crippen LogP contribution in [0.1, 0.15) is 85.9 Å². The number of unbranched alkanes of at least 4 members (excludes halogenated alkanes) is 6. The zero-order chi connectivity index (χ0) is 30.6. The predicted molar refractivity (Wildman–Crippen MR) is 167 cm³/mol. The van der Waals surface area contributed by atoms with Gasteiger partial charge in [-0.05, 0) is 30.7 Å². The number of carboxylic acid groups (broad SMARTS) is 1. The number of amides is 1. The van der Waals surface area contributed by atoms with Gasteiger partial charge in [0.15, 0.2) is 5.13 Å². The maximum atomic E-state index is 15.7. The smallest absolute Gasteiger partial charge is 0.371 e. The van der Waals surface area contributed by atoms with Crippen molar-refractivity contribution in [2.45, 2.75) is 64.4 Å². The molecule has 226 valence electrons. The summed E-state index contributed by atoms with van der Waals surface area (Å²) < 4.78 is 26.1. The van der Waals surface area contributed by atoms with E-state index in [1.54, 1.807) is 30.7 Å². The second-order valence-corrected chi connectivity index (χ2v) is 11.4. The monoisotopic (exact) mass is 636 g/mol. The number of rotatable bonds is 16. The number of thiazole rings is 1. The first kappa shape index (κ1) is 33.5. The van der Waals surface area contributed by atoms with Crippen LogP contribution in [-0.2, 0) is 14.3 Å². The third-order valence-corrected chi connectivity index (χ3v) is 8.16. The molecule has 1 atom stereocenters. The fourth-order valence-electron chi connectivity index (χ4n) is 4.50. The molecule has 42 heavy (non-hydrogen) atoms. The minimum Gasteiger partial charge on any atom is -0.490 e. The van der Waals surface area contributed by atoms with Crippen molar-refractivity contribution in [2.75, 3.05) is 19.5 Å². The number of benzene rings is 2. The summed E-state index contributed by atoms with van der Waals surface area (Å²) in [5.41, 5.74) is 1.52. The molecule has 11 heteroatoms. The van der Waals surface area contributed by atoms with Gasteiger partial charge in [0.2, 0.25) is 5.76 Å². The van der Waals surface area contributed by atoms with Gasteiger partial charge in [0.05, 0.1) is 29.0 Å². The van der Waals surface area contributed by atoms with Gasteiger partial charge >= 0.3 is 5.97 Å². The van der Waals surface area contributed by atoms with Gasteiger partial charge < -0.3 is 14.6 Å². The summed E-state index contributed by atoms with van der Waals surface area (Å²) in [6.07, 6.45) is 9.73. The summed E-state index contributed by atoms with van der Waals surface area (Å²) in [5, 5.41) is 13.9. The van der Waals surface area contributed by atoms with Crippen molar-refractivity contribution in [1.82, 2.24) is 4.98 Å². The van der Waals surface area contributed by atoms with Crippen LogP contribution in [0, 0.1) is 5.82 Å². The summed E-state index contributed by atoms with van der Waals surface area (Å²) in [4.78, 5) is 28.6. The molecule has 2 N–H and O–H groups in total. The van der Waals surface area contributed by atoms with Gasteiger partial charge in [-0.1, -0.05) is 87.2 Å². The van der Waals surface area contributed by atoms with E-state index in [1.165, 1.54) is 57.4 Å². The van der Waals surface area contributed by atoms with E-state index in [9.17, 15) is 14.7 Å². The molecule has 1 heterocycles. The van der Waals surface area contributed by atoms with E-state index in [2.05, 4.69) is 17.2 Å². The Labute approximate surface area is 259 Å². The molecular weight excluding hydrogens is 602 g/mol. The van der Waals surface area contributed by atoms with Crippen molar-refractivity contribution < 1.29 is 28.6 Å². The number of ether oxygens (including phenoxy) is 2. The summed E-state index contributed by atoms with van der Waals surface area (Å²) in [7, 11) is 2.81. The van der Waals surface area contributed by atoms with Gasteiger partial charge in [-0.15, -0.1) is 11.3 Å². The highest BCUT2D eigenvalue weighted by Crippen LogP contribution is 2.34. The number of carboxylic acids is 1. The van der Waals surface area contributed by atoms with Crippen LogP contribution < -0.4 is 5.32 Å². The SMILES string of the molecule is CCCCCCCCCC(OC)c1cccc(-c2csc(NC(=O)c3cc(Cl)c(C=C(OC)C(=O)O)c(Cl)c3)n2)c1F. The van der Waals surface area contributed by atoms with E-state index in [1.807, 2.05) is 0 Å². The number of aliphatic carboxylic acids is 1. The standard InChI is InChI=1S/C31H35Cl2FN2O5S/c1-4-5-6-7-8-9-10-14-26(40-2)21-13-11-12-20(28(21)34)25-18-42-31(35-25)36-29(37)19-15-23(32)22(24(33)16-19)17-27(41-3)30(38)39/h11-13,15-18,26H,4-10,14H2,1-3H3,(H,38,39)(H,35,36,37). The number of methoxy groups -OCH3 is 2. The van der Waals surface area contributed by atoms with Crippen LogP contribution in [0.15, 0.2) is 41.5 Å². The molecule has 1 amide bonds. The van der Waals surface area contributed by atoms with E-state index in [-0.39, 0.29) is 38.2 Å². The summed E-state index contributed by atoms with van der Waals surface area (Å²) in [6, 6.07) is 7.88. The molecule has 0 saturated heterocycles. The molecule has 1 unspecified atom stereocenters. The lowest BCUT2D eigenvalue weighted by atomic mass is 9.98. The third-order valence-electron chi connectivity index (χ3n) is 6.78. The van der Waals surface area contributed by atoms with Crippen LogP contribution >= 0.6 is 34.5 Å². The van der Waals surface area contributed by atoms with Crippen molar-refractivity contribution in [1.29, 1.82) is 0 Å². The van der Waals surface area contributed by atoms with Crippen molar-refractivity contribution in [3.05, 3.63) is 74.0 Å². The quantitative estimate of drug-likeness (QED) is 0.0923. The van der Waals surface area contributed by atoms with Crippen molar-refractivity contribution in [3.8, 4) is 11.3 Å². The number of hydrogen-bond donors (Lipinski definition) is 2. The number of carbonyl (C=O) groups excluding carboxylic acids is 1. The number of anilines is 1. The lowest BCUT2D eigenvalue weighted by Gasteiger charge is -2.17. The lowest BCUT2D eigenvalue weighted by Crippen LogP contribution is -2.12. The van der Waals surface area contributed by atoms with Crippen LogP contribution in [-0.4, -0.2) is 36.2 Å². The number of nitrogens with one attached hydrogen (secondary N) is 1. The van der Waals surface area contributed by atoms with E-state index >= 15 is 4.39 Å². The number of aromatic nitrogens is 1. The maximum Gasteiger partial charge on any atom is 0.371 e. The van der Waals surface area contributed by atoms with Gasteiger partial charge in [-0.2, -0.15) is 0 Å². The molecule has 2 aromatic carbocycles. The topological polar surface area (TPSA) is 97.8 Å². The van der Waals surface area contributed by atoms with Gasteiger partial charge in [-0.25, -0.2) is 14.2 Å². The molecule has 0 aliphatic rings. The van der Waals surface area contributed by atoms with Crippen molar-refractivity contribution in [3.63, 3.8) is 0 Å². The number of halogens is 3. The molecule has 0 radical (unpaired) electrons. The first-order chi connectivity index (χ1) is 20.2. The van der Waals surface area contributed by atoms with Crippen LogP contribution in [0.4, 0.5) is 9.52 Å². The fraction of sp³-hybridized carbons (Fsp3) is 0.387. The first-order valence-corrected chi connectivity index (χ1v) is 15.4. The molecule has 0 fully saturated rings. The van der Waals surface area contributed by atoms with Gasteiger partial charge in [-0.3, -0.25) is 10.1 Å². The molecule has 3 rings (SSSR count). The van der Waals surface area contributed by atoms with E-state index < -0.39 is 17.7 Å². The Balaban J connectivity index is 1.71. The maximum absolute atomic E-state index is 15.7. The molecule has 3 aromatic rings. The minimum absolute atomic E-state index is 0.0614. The second-order valence-electron chi connectivity index (χ2n) is 9.71. The van der Waals surface area contributed by atoms with Crippen molar-refractivity contribution >= 4 is 57.6 Å². The minimum atomic E-state index is -1.29. The van der Waals surface area contributed by atoms with Gasteiger partial charge in [0.1, 0.15) is 5.82 Å².